The fourth-order valence-electron chi connectivity index (χ4n) is 2.89. The van der Waals surface area contributed by atoms with Crippen LogP contribution in [0.4, 0.5) is 4.79 Å². The van der Waals surface area contributed by atoms with Gasteiger partial charge in [0.05, 0.1) is 6.61 Å². The van der Waals surface area contributed by atoms with Crippen LogP contribution in [-0.2, 0) is 14.4 Å². The summed E-state index contributed by atoms with van der Waals surface area (Å²) in [5.74, 6) is -3.83. The summed E-state index contributed by atoms with van der Waals surface area (Å²) in [4.78, 5) is 49.6. The molecular weight excluding hydrogens is 398 g/mol. The number of likely N-dealkylation sites (tertiary alicyclic amines) is 1. The molecule has 0 bridgehead atoms. The van der Waals surface area contributed by atoms with Gasteiger partial charge in [0.25, 0.3) is 17.6 Å². The summed E-state index contributed by atoms with van der Waals surface area (Å²) in [5.41, 5.74) is -2.57. The Morgan fingerprint density at radius 1 is 1.16 bits per heavy atom. The summed E-state index contributed by atoms with van der Waals surface area (Å²) in [6, 6.07) is 5.22. The number of hydrogen-bond acceptors (Lipinski definition) is 6. The first kappa shape index (κ1) is 17.1. The molecule has 0 aliphatic carbocycles. The fraction of sp³-hybridized carbons (Fsp3) is 0.200. The summed E-state index contributed by atoms with van der Waals surface area (Å²) in [7, 11) is 0. The number of nitrogens with zero attached hydrogens (tertiary/aromatic N) is 1. The number of nitrogens with one attached hydrogen (secondary N) is 2. The predicted molar refractivity (Wildman–Crippen MR) is 86.9 cm³/mol. The van der Waals surface area contributed by atoms with Crippen LogP contribution in [0.15, 0.2) is 34.3 Å². The fourth-order valence-corrected chi connectivity index (χ4v) is 3.16. The van der Waals surface area contributed by atoms with Crippen LogP contribution in [0.5, 0.6) is 0 Å². The van der Waals surface area contributed by atoms with Gasteiger partial charge >= 0.3 is 6.03 Å². The number of Topliss-reactive ketones (excluding diaryl/α,β-unsaturated/α-hetero) is 1. The van der Waals surface area contributed by atoms with Crippen LogP contribution in [0, 0.1) is 0 Å². The topological polar surface area (TPSA) is 136 Å². The quantitative estimate of drug-likeness (QED) is 0.233. The van der Waals surface area contributed by atoms with Gasteiger partial charge in [-0.3, -0.25) is 24.6 Å². The third-order valence-corrected chi connectivity index (χ3v) is 4.49. The molecule has 1 atom stereocenters. The minimum Gasteiger partial charge on any atom is -0.507 e. The molecule has 2 heterocycles. The first-order chi connectivity index (χ1) is 11.8. The lowest BCUT2D eigenvalue weighted by Crippen LogP contribution is -2.59. The van der Waals surface area contributed by atoms with Gasteiger partial charge in [-0.05, 0) is 12.1 Å². The molecule has 0 radical (unpaired) electrons. The predicted octanol–water partition coefficient (Wildman–Crippen LogP) is -0.343. The van der Waals surface area contributed by atoms with Crippen molar-refractivity contribution in [3.63, 3.8) is 0 Å². The van der Waals surface area contributed by atoms with E-state index in [-0.39, 0.29) is 12.1 Å². The lowest BCUT2D eigenvalue weighted by Gasteiger charge is -2.31. The summed E-state index contributed by atoms with van der Waals surface area (Å²) in [6.45, 7) is -0.925. The highest BCUT2D eigenvalue weighted by atomic mass is 79.9. The van der Waals surface area contributed by atoms with Gasteiger partial charge in [0.2, 0.25) is 5.66 Å². The maximum absolute atomic E-state index is 12.5. The van der Waals surface area contributed by atoms with Crippen molar-refractivity contribution in [2.24, 2.45) is 0 Å². The van der Waals surface area contributed by atoms with Gasteiger partial charge in [-0.25, -0.2) is 4.79 Å². The van der Waals surface area contributed by atoms with E-state index >= 15 is 0 Å². The third kappa shape index (κ3) is 2.41. The number of halogens is 1. The van der Waals surface area contributed by atoms with Gasteiger partial charge < -0.3 is 15.5 Å². The minimum atomic E-state index is -2.19. The van der Waals surface area contributed by atoms with Crippen molar-refractivity contribution in [2.75, 3.05) is 13.2 Å². The van der Waals surface area contributed by atoms with E-state index in [2.05, 4.69) is 21.2 Å². The zero-order valence-electron chi connectivity index (χ0n) is 12.6. The van der Waals surface area contributed by atoms with Gasteiger partial charge in [-0.2, -0.15) is 0 Å². The van der Waals surface area contributed by atoms with Crippen LogP contribution in [0.3, 0.4) is 0 Å². The summed E-state index contributed by atoms with van der Waals surface area (Å²) < 4.78 is 0.714. The summed E-state index contributed by atoms with van der Waals surface area (Å²) in [5, 5.41) is 23.9. The molecule has 4 N–H and O–H groups in total. The Morgan fingerprint density at radius 3 is 2.32 bits per heavy atom. The van der Waals surface area contributed by atoms with Crippen molar-refractivity contribution >= 4 is 45.3 Å². The van der Waals surface area contributed by atoms with E-state index in [0.29, 0.717) is 4.47 Å². The molecule has 9 nitrogen and oxygen atoms in total. The summed E-state index contributed by atoms with van der Waals surface area (Å²) >= 11 is 3.23. The van der Waals surface area contributed by atoms with Crippen LogP contribution >= 0.6 is 15.9 Å². The number of carbonyl (C=O) groups excluding carboxylic acids is 4. The molecule has 1 spiro atoms. The molecule has 0 saturated carbocycles. The Bertz CT molecular complexity index is 834. The first-order valence-corrected chi connectivity index (χ1v) is 7.92. The Kier molecular flexibility index (Phi) is 4.09. The van der Waals surface area contributed by atoms with Crippen LogP contribution in [0.1, 0.15) is 5.56 Å². The van der Waals surface area contributed by atoms with E-state index in [1.54, 1.807) is 12.1 Å². The normalized spacial score (nSPS) is 24.8. The number of carbonyl (C=O) groups is 4. The van der Waals surface area contributed by atoms with E-state index < -0.39 is 47.2 Å². The lowest BCUT2D eigenvalue weighted by atomic mass is 9.95. The number of hydrogen-bond donors (Lipinski definition) is 4. The minimum absolute atomic E-state index is 0.179. The number of imide groups is 1. The smallest absolute Gasteiger partial charge is 0.324 e. The van der Waals surface area contributed by atoms with E-state index in [9.17, 15) is 24.3 Å². The molecule has 130 valence electrons. The zero-order valence-corrected chi connectivity index (χ0v) is 14.2. The number of aliphatic hydroxyl groups excluding tert-OH is 2. The van der Waals surface area contributed by atoms with Crippen LogP contribution in [-0.4, -0.2) is 57.6 Å². The highest BCUT2D eigenvalue weighted by Gasteiger charge is 2.65. The van der Waals surface area contributed by atoms with Gasteiger partial charge in [-0.15, -0.1) is 0 Å². The molecule has 10 heteroatoms. The first-order valence-electron chi connectivity index (χ1n) is 7.13. The molecule has 2 fully saturated rings. The molecule has 3 rings (SSSR count). The van der Waals surface area contributed by atoms with Gasteiger partial charge in [-0.1, -0.05) is 28.1 Å². The standard InChI is InChI=1S/C15H12BrN3O6/c16-8-3-1-7(2-4-8)10(21)9-11(22)12(23)19(5-6-20)15(9)13(24)17-14(25)18-15/h1-4,20-21H,5-6H2,(H2,17,18,24,25)/b10-9-. The van der Waals surface area contributed by atoms with Crippen molar-refractivity contribution in [1.82, 2.24) is 15.5 Å². The molecule has 1 aromatic rings. The second-order valence-electron chi connectivity index (χ2n) is 5.36. The van der Waals surface area contributed by atoms with Crippen molar-refractivity contribution in [3.8, 4) is 0 Å². The Morgan fingerprint density at radius 2 is 1.80 bits per heavy atom. The number of benzene rings is 1. The van der Waals surface area contributed by atoms with E-state index in [0.717, 1.165) is 4.90 Å². The lowest BCUT2D eigenvalue weighted by molar-refractivity contribution is -0.144. The number of urea groups is 1. The average Bonchev–Trinajstić information content (AvgIpc) is 2.97. The number of ketones is 1. The van der Waals surface area contributed by atoms with Crippen LogP contribution in [0.25, 0.3) is 5.76 Å². The Labute approximate surface area is 149 Å². The van der Waals surface area contributed by atoms with Gasteiger partial charge in [0, 0.05) is 16.6 Å². The van der Waals surface area contributed by atoms with Gasteiger partial charge in [0.15, 0.2) is 0 Å². The number of rotatable bonds is 3. The van der Waals surface area contributed by atoms with Crippen molar-refractivity contribution in [2.45, 2.75) is 5.66 Å². The number of aliphatic hydroxyl groups is 2. The molecule has 1 unspecified atom stereocenters. The summed E-state index contributed by atoms with van der Waals surface area (Å²) in [6.07, 6.45) is 0. The average molecular weight is 410 g/mol. The largest absolute Gasteiger partial charge is 0.507 e. The van der Waals surface area contributed by atoms with Gasteiger partial charge in [0.1, 0.15) is 11.3 Å². The van der Waals surface area contributed by atoms with Crippen molar-refractivity contribution < 1.29 is 29.4 Å². The molecule has 2 saturated heterocycles. The third-order valence-electron chi connectivity index (χ3n) is 3.96. The van der Waals surface area contributed by atoms with E-state index in [4.69, 9.17) is 5.11 Å². The second-order valence-corrected chi connectivity index (χ2v) is 6.27. The molecule has 2 aliphatic heterocycles. The molecule has 1 aromatic carbocycles. The second kappa shape index (κ2) is 5.97. The van der Waals surface area contributed by atoms with Crippen molar-refractivity contribution in [1.29, 1.82) is 0 Å². The number of amides is 4. The molecule has 0 aromatic heterocycles. The highest BCUT2D eigenvalue weighted by Crippen LogP contribution is 2.37. The Hall–Kier alpha value is -2.72. The van der Waals surface area contributed by atoms with E-state index in [1.807, 2.05) is 5.32 Å². The SMILES string of the molecule is O=C1NC(=O)C2(N1)/C(=C(\O)c1ccc(Br)cc1)C(=O)C(=O)N2CCO. The monoisotopic (exact) mass is 409 g/mol. The maximum Gasteiger partial charge on any atom is 0.324 e. The Balaban J connectivity index is 2.25. The molecule has 25 heavy (non-hydrogen) atoms. The highest BCUT2D eigenvalue weighted by molar-refractivity contribution is 9.10. The zero-order chi connectivity index (χ0) is 18.4. The van der Waals surface area contributed by atoms with Crippen molar-refractivity contribution in [3.05, 3.63) is 39.9 Å². The number of β-amino-alcohol motifs (C(OH)–C–C–N with tert-alkyl or cyclic N) is 1. The van der Waals surface area contributed by atoms with Crippen LogP contribution < -0.4 is 10.6 Å². The molecular formula is C15H12BrN3O6. The molecule has 4 amide bonds. The molecule has 2 aliphatic rings. The van der Waals surface area contributed by atoms with E-state index in [1.165, 1.54) is 12.1 Å². The maximum atomic E-state index is 12.5. The van der Waals surface area contributed by atoms with Crippen LogP contribution in [0.2, 0.25) is 0 Å².